The minimum Gasteiger partial charge on any atom is -0.326 e. The van der Waals surface area contributed by atoms with Crippen LogP contribution in [0, 0.1) is 0 Å². The van der Waals surface area contributed by atoms with Crippen LogP contribution in [0.1, 0.15) is 17.5 Å². The lowest BCUT2D eigenvalue weighted by Gasteiger charge is -2.28. The Labute approximate surface area is 146 Å². The van der Waals surface area contributed by atoms with Crippen LogP contribution >= 0.6 is 23.2 Å². The highest BCUT2D eigenvalue weighted by molar-refractivity contribution is 6.35. The molecule has 3 nitrogen and oxygen atoms in total. The van der Waals surface area contributed by atoms with Gasteiger partial charge in [0.15, 0.2) is 0 Å². The Morgan fingerprint density at radius 3 is 2.52 bits per heavy atom. The largest absolute Gasteiger partial charge is 0.326 e. The summed E-state index contributed by atoms with van der Waals surface area (Å²) >= 11 is 11.9. The van der Waals surface area contributed by atoms with Crippen molar-refractivity contribution in [3.8, 4) is 0 Å². The number of nitrogens with one attached hydrogen (secondary N) is 1. The lowest BCUT2D eigenvalue weighted by Crippen LogP contribution is -2.33. The van der Waals surface area contributed by atoms with Crippen LogP contribution in [-0.2, 0) is 17.8 Å². The molecule has 1 heterocycles. The molecule has 1 amide bonds. The monoisotopic (exact) mass is 348 g/mol. The number of carbonyl (C=O) groups is 1. The highest BCUT2D eigenvalue weighted by atomic mass is 35.5. The molecule has 0 atom stereocenters. The topological polar surface area (TPSA) is 32.3 Å². The molecule has 120 valence electrons. The Morgan fingerprint density at radius 1 is 1.09 bits per heavy atom. The average molecular weight is 349 g/mol. The molecule has 0 bridgehead atoms. The van der Waals surface area contributed by atoms with Gasteiger partial charge in [-0.25, -0.2) is 0 Å². The van der Waals surface area contributed by atoms with Crippen molar-refractivity contribution in [3.05, 3.63) is 63.6 Å². The van der Waals surface area contributed by atoms with Gasteiger partial charge in [-0.05, 0) is 35.7 Å². The first-order valence-electron chi connectivity index (χ1n) is 7.65. The third-order valence-corrected chi connectivity index (χ3v) is 4.45. The molecule has 0 fully saturated rings. The van der Waals surface area contributed by atoms with E-state index in [0.717, 1.165) is 26.1 Å². The highest BCUT2D eigenvalue weighted by Gasteiger charge is 2.16. The van der Waals surface area contributed by atoms with Crippen molar-refractivity contribution in [1.82, 2.24) is 4.90 Å². The van der Waals surface area contributed by atoms with E-state index in [2.05, 4.69) is 34.5 Å². The molecule has 1 aliphatic rings. The lowest BCUT2D eigenvalue weighted by molar-refractivity contribution is -0.116. The van der Waals surface area contributed by atoms with Gasteiger partial charge in [0.25, 0.3) is 0 Å². The van der Waals surface area contributed by atoms with Crippen LogP contribution in [0.3, 0.4) is 0 Å². The fourth-order valence-corrected chi connectivity index (χ4v) is 3.38. The van der Waals surface area contributed by atoms with Crippen LogP contribution in [0.5, 0.6) is 0 Å². The molecule has 0 unspecified atom stereocenters. The second-order valence-corrected chi connectivity index (χ2v) is 6.62. The number of fused-ring (bicyclic) bond motifs is 1. The summed E-state index contributed by atoms with van der Waals surface area (Å²) in [5.41, 5.74) is 3.42. The summed E-state index contributed by atoms with van der Waals surface area (Å²) in [5, 5.41) is 3.88. The Morgan fingerprint density at radius 2 is 1.78 bits per heavy atom. The van der Waals surface area contributed by atoms with Crippen LogP contribution in [0.2, 0.25) is 10.0 Å². The van der Waals surface area contributed by atoms with E-state index >= 15 is 0 Å². The normalized spacial score (nSPS) is 14.3. The van der Waals surface area contributed by atoms with Crippen LogP contribution in [-0.4, -0.2) is 23.9 Å². The van der Waals surface area contributed by atoms with Gasteiger partial charge in [0.1, 0.15) is 0 Å². The molecule has 0 saturated carbocycles. The van der Waals surface area contributed by atoms with Crippen LogP contribution < -0.4 is 5.32 Å². The summed E-state index contributed by atoms with van der Waals surface area (Å²) in [5.74, 6) is -0.0257. The molecule has 2 aromatic carbocycles. The Hall–Kier alpha value is -1.55. The molecule has 1 aliphatic heterocycles. The van der Waals surface area contributed by atoms with Crippen LogP contribution in [0.4, 0.5) is 5.69 Å². The van der Waals surface area contributed by atoms with E-state index in [1.807, 2.05) is 0 Å². The third-order valence-electron chi connectivity index (χ3n) is 4.01. The molecule has 0 aliphatic carbocycles. The Bertz CT molecular complexity index is 698. The van der Waals surface area contributed by atoms with E-state index in [9.17, 15) is 4.79 Å². The van der Waals surface area contributed by atoms with Gasteiger partial charge in [-0.2, -0.15) is 0 Å². The lowest BCUT2D eigenvalue weighted by atomic mass is 10.00. The molecule has 5 heteroatoms. The van der Waals surface area contributed by atoms with Gasteiger partial charge in [0.2, 0.25) is 5.91 Å². The van der Waals surface area contributed by atoms with E-state index in [0.29, 0.717) is 22.2 Å². The smallest absolute Gasteiger partial charge is 0.225 e. The number of amides is 1. The zero-order valence-corrected chi connectivity index (χ0v) is 14.2. The number of hydrogen-bond acceptors (Lipinski definition) is 2. The SMILES string of the molecule is O=C(CCN1CCc2ccccc2C1)Nc1cc(Cl)cc(Cl)c1. The Balaban J connectivity index is 1.52. The maximum Gasteiger partial charge on any atom is 0.225 e. The number of hydrogen-bond donors (Lipinski definition) is 1. The van der Waals surface area contributed by atoms with E-state index in [1.165, 1.54) is 11.1 Å². The number of anilines is 1. The molecule has 2 aromatic rings. The number of rotatable bonds is 4. The van der Waals surface area contributed by atoms with Gasteiger partial charge in [-0.1, -0.05) is 47.5 Å². The first kappa shape index (κ1) is 16.3. The zero-order valence-electron chi connectivity index (χ0n) is 12.7. The van der Waals surface area contributed by atoms with Crippen LogP contribution in [0.15, 0.2) is 42.5 Å². The van der Waals surface area contributed by atoms with Gasteiger partial charge >= 0.3 is 0 Å². The number of carbonyl (C=O) groups excluding carboxylic acids is 1. The van der Waals surface area contributed by atoms with Gasteiger partial charge in [-0.3, -0.25) is 9.69 Å². The summed E-state index contributed by atoms with van der Waals surface area (Å²) in [7, 11) is 0. The van der Waals surface area contributed by atoms with Gasteiger partial charge < -0.3 is 5.32 Å². The molecule has 0 radical (unpaired) electrons. The van der Waals surface area contributed by atoms with Crippen molar-refractivity contribution in [3.63, 3.8) is 0 Å². The van der Waals surface area contributed by atoms with Crippen LogP contribution in [0.25, 0.3) is 0 Å². The molecule has 0 aromatic heterocycles. The second-order valence-electron chi connectivity index (χ2n) is 5.75. The maximum atomic E-state index is 12.1. The minimum atomic E-state index is -0.0257. The molecule has 23 heavy (non-hydrogen) atoms. The number of halogens is 2. The van der Waals surface area contributed by atoms with Gasteiger partial charge in [0, 0.05) is 41.8 Å². The van der Waals surface area contributed by atoms with Crippen molar-refractivity contribution in [1.29, 1.82) is 0 Å². The van der Waals surface area contributed by atoms with Crippen molar-refractivity contribution in [2.45, 2.75) is 19.4 Å². The molecule has 0 spiro atoms. The van der Waals surface area contributed by atoms with Crippen molar-refractivity contribution < 1.29 is 4.79 Å². The molecule has 1 N–H and O–H groups in total. The molecule has 3 rings (SSSR count). The average Bonchev–Trinajstić information content (AvgIpc) is 2.52. The summed E-state index contributed by atoms with van der Waals surface area (Å²) in [6.07, 6.45) is 1.49. The fourth-order valence-electron chi connectivity index (χ4n) is 2.85. The minimum absolute atomic E-state index is 0.0257. The second kappa shape index (κ2) is 7.35. The summed E-state index contributed by atoms with van der Waals surface area (Å²) < 4.78 is 0. The van der Waals surface area contributed by atoms with E-state index in [4.69, 9.17) is 23.2 Å². The van der Waals surface area contributed by atoms with Gasteiger partial charge in [0.05, 0.1) is 0 Å². The number of benzene rings is 2. The van der Waals surface area contributed by atoms with Crippen molar-refractivity contribution >= 4 is 34.8 Å². The van der Waals surface area contributed by atoms with E-state index in [-0.39, 0.29) is 5.91 Å². The predicted molar refractivity (Wildman–Crippen MR) is 95.1 cm³/mol. The highest BCUT2D eigenvalue weighted by Crippen LogP contribution is 2.23. The van der Waals surface area contributed by atoms with E-state index < -0.39 is 0 Å². The quantitative estimate of drug-likeness (QED) is 0.888. The first-order valence-corrected chi connectivity index (χ1v) is 8.41. The predicted octanol–water partition coefficient (Wildman–Crippen LogP) is 4.38. The number of nitrogens with zero attached hydrogens (tertiary/aromatic N) is 1. The fraction of sp³-hybridized carbons (Fsp3) is 0.278. The summed E-state index contributed by atoms with van der Waals surface area (Å²) in [6.45, 7) is 2.65. The standard InChI is InChI=1S/C18H18Cl2N2O/c19-15-9-16(20)11-17(10-15)21-18(23)6-8-22-7-5-13-3-1-2-4-14(13)12-22/h1-4,9-11H,5-8,12H2,(H,21,23). The van der Waals surface area contributed by atoms with E-state index in [1.54, 1.807) is 18.2 Å². The van der Waals surface area contributed by atoms with Crippen molar-refractivity contribution in [2.24, 2.45) is 0 Å². The summed E-state index contributed by atoms with van der Waals surface area (Å²) in [6, 6.07) is 13.5. The Kier molecular flexibility index (Phi) is 5.21. The first-order chi connectivity index (χ1) is 11.1. The molecule has 0 saturated heterocycles. The maximum absolute atomic E-state index is 12.1. The summed E-state index contributed by atoms with van der Waals surface area (Å²) in [4.78, 5) is 14.4. The molecular formula is C18H18Cl2N2O. The van der Waals surface area contributed by atoms with Crippen molar-refractivity contribution in [2.75, 3.05) is 18.4 Å². The zero-order chi connectivity index (χ0) is 16.2. The van der Waals surface area contributed by atoms with Gasteiger partial charge in [-0.15, -0.1) is 0 Å². The molecular weight excluding hydrogens is 331 g/mol. The third kappa shape index (κ3) is 4.47.